The smallest absolute Gasteiger partial charge is 0.296 e. The van der Waals surface area contributed by atoms with Crippen LogP contribution in [-0.2, 0) is 9.59 Å². The molecule has 2 heterocycles. The van der Waals surface area contributed by atoms with Gasteiger partial charge in [0.15, 0.2) is 12.4 Å². The van der Waals surface area contributed by atoms with Crippen LogP contribution >= 0.6 is 0 Å². The van der Waals surface area contributed by atoms with Gasteiger partial charge >= 0.3 is 0 Å². The van der Waals surface area contributed by atoms with Crippen molar-refractivity contribution in [3.8, 4) is 11.8 Å². The zero-order valence-corrected chi connectivity index (χ0v) is 13.0. The Hall–Kier alpha value is -3.20. The molecular weight excluding hydrogens is 306 g/mol. The minimum Gasteiger partial charge on any atom is -0.497 e. The first kappa shape index (κ1) is 15.7. The molecule has 0 aliphatic carbocycles. The number of piperidine rings is 1. The second-order valence-corrected chi connectivity index (χ2v) is 5.53. The van der Waals surface area contributed by atoms with Crippen LogP contribution in [0.1, 0.15) is 17.5 Å². The summed E-state index contributed by atoms with van der Waals surface area (Å²) in [5.41, 5.74) is 0.743. The van der Waals surface area contributed by atoms with E-state index in [1.54, 1.807) is 60.5 Å². The molecule has 120 valence electrons. The summed E-state index contributed by atoms with van der Waals surface area (Å²) < 4.78 is 6.87. The SMILES string of the molecule is COc1ccc([C@H]2[C@H](C#N)C(=O)NC(=O)[C@@H]2[n+]2ccccc2)cc1. The molecule has 6 nitrogen and oxygen atoms in total. The van der Waals surface area contributed by atoms with Crippen LogP contribution in [0.3, 0.4) is 0 Å². The molecule has 0 saturated carbocycles. The van der Waals surface area contributed by atoms with Crippen LogP contribution in [0.5, 0.6) is 5.75 Å². The van der Waals surface area contributed by atoms with Gasteiger partial charge in [-0.2, -0.15) is 9.83 Å². The number of rotatable bonds is 3. The third kappa shape index (κ3) is 2.72. The van der Waals surface area contributed by atoms with Crippen molar-refractivity contribution in [1.82, 2.24) is 5.32 Å². The molecule has 0 radical (unpaired) electrons. The van der Waals surface area contributed by atoms with Gasteiger partial charge in [0, 0.05) is 12.1 Å². The molecule has 6 heteroatoms. The van der Waals surface area contributed by atoms with Crippen LogP contribution in [0.4, 0.5) is 0 Å². The van der Waals surface area contributed by atoms with Crippen molar-refractivity contribution in [3.63, 3.8) is 0 Å². The van der Waals surface area contributed by atoms with Gasteiger partial charge in [0.05, 0.1) is 19.1 Å². The lowest BCUT2D eigenvalue weighted by Crippen LogP contribution is -2.59. The molecule has 0 spiro atoms. The second kappa shape index (κ2) is 6.50. The monoisotopic (exact) mass is 322 g/mol. The average molecular weight is 322 g/mol. The van der Waals surface area contributed by atoms with Crippen LogP contribution in [0.2, 0.25) is 0 Å². The molecule has 1 aliphatic heterocycles. The zero-order chi connectivity index (χ0) is 17.1. The van der Waals surface area contributed by atoms with Crippen LogP contribution in [-0.4, -0.2) is 18.9 Å². The Balaban J connectivity index is 2.11. The minimum atomic E-state index is -0.950. The predicted octanol–water partition coefficient (Wildman–Crippen LogP) is 1.10. The highest BCUT2D eigenvalue weighted by molar-refractivity contribution is 6.02. The van der Waals surface area contributed by atoms with E-state index in [9.17, 15) is 14.9 Å². The highest BCUT2D eigenvalue weighted by atomic mass is 16.5. The van der Waals surface area contributed by atoms with Crippen molar-refractivity contribution >= 4 is 11.8 Å². The van der Waals surface area contributed by atoms with E-state index in [4.69, 9.17) is 4.74 Å². The highest BCUT2D eigenvalue weighted by Crippen LogP contribution is 2.36. The maximum atomic E-state index is 12.5. The number of benzene rings is 1. The molecule has 0 unspecified atom stereocenters. The van der Waals surface area contributed by atoms with Gasteiger partial charge in [0.25, 0.3) is 5.91 Å². The summed E-state index contributed by atoms with van der Waals surface area (Å²) in [5, 5.41) is 11.8. The van der Waals surface area contributed by atoms with Crippen LogP contribution in [0.25, 0.3) is 0 Å². The summed E-state index contributed by atoms with van der Waals surface area (Å²) in [6.45, 7) is 0. The zero-order valence-electron chi connectivity index (χ0n) is 13.0. The topological polar surface area (TPSA) is 83.1 Å². The fraction of sp³-hybridized carbons (Fsp3) is 0.222. The number of imide groups is 1. The molecule has 24 heavy (non-hydrogen) atoms. The number of methoxy groups -OCH3 is 1. The summed E-state index contributed by atoms with van der Waals surface area (Å²) in [5.74, 6) is -1.83. The van der Waals surface area contributed by atoms with Gasteiger partial charge in [0.2, 0.25) is 11.9 Å². The Kier molecular flexibility index (Phi) is 4.25. The van der Waals surface area contributed by atoms with Gasteiger partial charge in [-0.25, -0.2) is 0 Å². The summed E-state index contributed by atoms with van der Waals surface area (Å²) in [6, 6.07) is 13.9. The maximum Gasteiger partial charge on any atom is 0.296 e. The molecular formula is C18H16N3O3+. The summed E-state index contributed by atoms with van der Waals surface area (Å²) in [4.78, 5) is 24.6. The number of hydrogen-bond acceptors (Lipinski definition) is 4. The lowest BCUT2D eigenvalue weighted by Gasteiger charge is -2.30. The number of nitriles is 1. The number of amides is 2. The summed E-state index contributed by atoms with van der Waals surface area (Å²) >= 11 is 0. The van der Waals surface area contributed by atoms with E-state index in [0.717, 1.165) is 5.56 Å². The Morgan fingerprint density at radius 1 is 1.08 bits per heavy atom. The molecule has 2 amide bonds. The molecule has 1 fully saturated rings. The number of pyridine rings is 1. The number of nitrogens with one attached hydrogen (secondary N) is 1. The lowest BCUT2D eigenvalue weighted by atomic mass is 9.77. The highest BCUT2D eigenvalue weighted by Gasteiger charge is 2.50. The van der Waals surface area contributed by atoms with E-state index >= 15 is 0 Å². The maximum absolute atomic E-state index is 12.5. The van der Waals surface area contributed by atoms with E-state index in [1.807, 2.05) is 12.1 Å². The van der Waals surface area contributed by atoms with Crippen molar-refractivity contribution in [2.24, 2.45) is 5.92 Å². The van der Waals surface area contributed by atoms with Crippen LogP contribution in [0.15, 0.2) is 54.9 Å². The number of nitrogens with zero attached hydrogens (tertiary/aromatic N) is 2. The first-order valence-electron chi connectivity index (χ1n) is 7.49. The fourth-order valence-electron chi connectivity index (χ4n) is 3.04. The summed E-state index contributed by atoms with van der Waals surface area (Å²) in [6.07, 6.45) is 3.51. The van der Waals surface area contributed by atoms with E-state index in [1.165, 1.54) is 0 Å². The average Bonchev–Trinajstić information content (AvgIpc) is 2.62. The molecule has 1 aliphatic rings. The quantitative estimate of drug-likeness (QED) is 0.678. The first-order chi connectivity index (χ1) is 11.7. The first-order valence-corrected chi connectivity index (χ1v) is 7.49. The normalized spacial score (nSPS) is 23.2. The van der Waals surface area contributed by atoms with Crippen molar-refractivity contribution in [2.45, 2.75) is 12.0 Å². The van der Waals surface area contributed by atoms with Gasteiger partial charge in [-0.15, -0.1) is 0 Å². The molecule has 3 rings (SSSR count). The largest absolute Gasteiger partial charge is 0.497 e. The van der Waals surface area contributed by atoms with E-state index < -0.39 is 29.7 Å². The molecule has 1 saturated heterocycles. The van der Waals surface area contributed by atoms with Crippen molar-refractivity contribution in [3.05, 3.63) is 60.4 Å². The van der Waals surface area contributed by atoms with Gasteiger partial charge in [-0.3, -0.25) is 14.9 Å². The number of hydrogen-bond donors (Lipinski definition) is 1. The summed E-state index contributed by atoms with van der Waals surface area (Å²) in [7, 11) is 1.56. The standard InChI is InChI=1S/C18H15N3O3/c1-24-13-7-5-12(6-8-13)15-14(11-19)17(22)20-18(23)16(15)21-9-3-2-4-10-21/h2-10,14-16H,1H3/p+1/t14-,15-,16+/m0/s1. The van der Waals surface area contributed by atoms with Gasteiger partial charge in [-0.05, 0) is 17.7 Å². The Morgan fingerprint density at radius 3 is 2.33 bits per heavy atom. The van der Waals surface area contributed by atoms with Crippen molar-refractivity contribution in [2.75, 3.05) is 7.11 Å². The van der Waals surface area contributed by atoms with Gasteiger partial charge in [0.1, 0.15) is 11.7 Å². The fourth-order valence-corrected chi connectivity index (χ4v) is 3.04. The van der Waals surface area contributed by atoms with E-state index in [-0.39, 0.29) is 0 Å². The van der Waals surface area contributed by atoms with E-state index in [0.29, 0.717) is 5.75 Å². The Bertz CT molecular complexity index is 797. The molecule has 1 aromatic carbocycles. The molecule has 1 N–H and O–H groups in total. The second-order valence-electron chi connectivity index (χ2n) is 5.53. The Labute approximate surface area is 139 Å². The minimum absolute atomic E-state index is 0.413. The predicted molar refractivity (Wildman–Crippen MR) is 83.7 cm³/mol. The lowest BCUT2D eigenvalue weighted by molar-refractivity contribution is -0.713. The Morgan fingerprint density at radius 2 is 1.75 bits per heavy atom. The number of carbonyl (C=O) groups is 2. The number of aromatic nitrogens is 1. The van der Waals surface area contributed by atoms with E-state index in [2.05, 4.69) is 5.32 Å². The third-order valence-corrected chi connectivity index (χ3v) is 4.20. The van der Waals surface area contributed by atoms with Crippen LogP contribution < -0.4 is 14.6 Å². The molecule has 2 aromatic rings. The molecule has 1 aromatic heterocycles. The van der Waals surface area contributed by atoms with Crippen molar-refractivity contribution in [1.29, 1.82) is 5.26 Å². The van der Waals surface area contributed by atoms with Crippen molar-refractivity contribution < 1.29 is 18.9 Å². The van der Waals surface area contributed by atoms with Gasteiger partial charge < -0.3 is 4.74 Å². The number of carbonyl (C=O) groups excluding carboxylic acids is 2. The molecule has 3 atom stereocenters. The van der Waals surface area contributed by atoms with Crippen LogP contribution in [0, 0.1) is 17.2 Å². The third-order valence-electron chi connectivity index (χ3n) is 4.20. The van der Waals surface area contributed by atoms with Gasteiger partial charge in [-0.1, -0.05) is 18.2 Å². The molecule has 0 bridgehead atoms. The number of ether oxygens (including phenoxy) is 1.